The van der Waals surface area contributed by atoms with Crippen molar-refractivity contribution in [2.45, 2.75) is 55.0 Å². The van der Waals surface area contributed by atoms with Crippen LogP contribution in [0.25, 0.3) is 10.9 Å². The fourth-order valence-electron chi connectivity index (χ4n) is 5.09. The third-order valence-electron chi connectivity index (χ3n) is 7.07. The van der Waals surface area contributed by atoms with E-state index in [1.54, 1.807) is 13.3 Å². The number of aromatic nitrogens is 4. The van der Waals surface area contributed by atoms with E-state index in [-0.39, 0.29) is 5.56 Å². The molecule has 0 N–H and O–H groups in total. The summed E-state index contributed by atoms with van der Waals surface area (Å²) in [6, 6.07) is 3.70. The number of halogens is 1. The van der Waals surface area contributed by atoms with Crippen LogP contribution in [-0.2, 0) is 11.3 Å². The van der Waals surface area contributed by atoms with Crippen LogP contribution in [0.1, 0.15) is 38.5 Å². The molecular weight excluding hydrogens is 458 g/mol. The largest absolute Gasteiger partial charge is 0.383 e. The number of methoxy groups -OCH3 is 1. The van der Waals surface area contributed by atoms with Gasteiger partial charge in [0.25, 0.3) is 5.56 Å². The minimum absolute atomic E-state index is 0.170. The Balaban J connectivity index is 1.32. The van der Waals surface area contributed by atoms with Crippen molar-refractivity contribution in [2.75, 3.05) is 31.7 Å². The maximum absolute atomic E-state index is 12.9. The van der Waals surface area contributed by atoms with E-state index in [9.17, 15) is 4.79 Å². The maximum Gasteiger partial charge on any atom is 0.262 e. The molecule has 1 aromatic carbocycles. The molecule has 1 spiro atoms. The van der Waals surface area contributed by atoms with E-state index in [1.807, 2.05) is 18.3 Å². The molecule has 2 fully saturated rings. The van der Waals surface area contributed by atoms with Crippen molar-refractivity contribution in [3.8, 4) is 0 Å². The molecule has 1 aliphatic carbocycles. The lowest BCUT2D eigenvalue weighted by molar-refractivity contribution is 0.186. The number of nitrogens with zero attached hydrogens (tertiary/aromatic N) is 5. The Labute approximate surface area is 202 Å². The van der Waals surface area contributed by atoms with Crippen molar-refractivity contribution in [1.82, 2.24) is 19.5 Å². The van der Waals surface area contributed by atoms with Gasteiger partial charge in [-0.05, 0) is 43.2 Å². The number of piperidine rings is 1. The number of fused-ring (bicyclic) bond motifs is 1. The highest BCUT2D eigenvalue weighted by atomic mass is 35.5. The van der Waals surface area contributed by atoms with E-state index < -0.39 is 0 Å². The highest BCUT2D eigenvalue weighted by molar-refractivity contribution is 7.99. The molecule has 3 aromatic rings. The predicted molar refractivity (Wildman–Crippen MR) is 131 cm³/mol. The molecular formula is C24H28ClN5O2S. The Morgan fingerprint density at radius 1 is 1.09 bits per heavy atom. The first-order valence-corrected chi connectivity index (χ1v) is 12.7. The van der Waals surface area contributed by atoms with Crippen molar-refractivity contribution in [1.29, 1.82) is 0 Å². The number of ether oxygens (including phenoxy) is 1. The van der Waals surface area contributed by atoms with Gasteiger partial charge in [-0.1, -0.05) is 36.2 Å². The van der Waals surface area contributed by atoms with Gasteiger partial charge in [0.15, 0.2) is 0 Å². The molecule has 5 rings (SSSR count). The summed E-state index contributed by atoms with van der Waals surface area (Å²) >= 11 is 8.06. The van der Waals surface area contributed by atoms with Crippen LogP contribution in [0.15, 0.2) is 45.6 Å². The van der Waals surface area contributed by atoms with Gasteiger partial charge in [-0.15, -0.1) is 0 Å². The third kappa shape index (κ3) is 4.61. The molecule has 0 amide bonds. The zero-order chi connectivity index (χ0) is 22.8. The second kappa shape index (κ2) is 9.60. The van der Waals surface area contributed by atoms with Crippen LogP contribution in [0.2, 0.25) is 5.02 Å². The van der Waals surface area contributed by atoms with Gasteiger partial charge >= 0.3 is 0 Å². The quantitative estimate of drug-likeness (QED) is 0.496. The second-order valence-corrected chi connectivity index (χ2v) is 10.5. The highest BCUT2D eigenvalue weighted by Gasteiger charge is 2.37. The number of hydrogen-bond acceptors (Lipinski definition) is 7. The zero-order valence-corrected chi connectivity index (χ0v) is 20.4. The Hall–Kier alpha value is -2.16. The van der Waals surface area contributed by atoms with Crippen LogP contribution in [0.3, 0.4) is 0 Å². The summed E-state index contributed by atoms with van der Waals surface area (Å²) in [6.45, 7) is 2.97. The van der Waals surface area contributed by atoms with Crippen LogP contribution in [-0.4, -0.2) is 46.3 Å². The molecule has 0 atom stereocenters. The predicted octanol–water partition coefficient (Wildman–Crippen LogP) is 4.80. The SMILES string of the molecule is COCCn1cnc2ccc(Sc3cnc(N4CCC5(CCCC5)CC4)cn3)c(Cl)c2c1=O. The fraction of sp³-hybridized carbons (Fsp3) is 0.500. The summed E-state index contributed by atoms with van der Waals surface area (Å²) in [7, 11) is 1.60. The number of rotatable bonds is 6. The smallest absolute Gasteiger partial charge is 0.262 e. The van der Waals surface area contributed by atoms with Gasteiger partial charge in [0.2, 0.25) is 0 Å². The zero-order valence-electron chi connectivity index (χ0n) is 18.8. The molecule has 1 saturated carbocycles. The molecule has 174 valence electrons. The molecule has 33 heavy (non-hydrogen) atoms. The average molecular weight is 486 g/mol. The topological polar surface area (TPSA) is 73.1 Å². The van der Waals surface area contributed by atoms with Crippen LogP contribution in [0.5, 0.6) is 0 Å². The lowest BCUT2D eigenvalue weighted by atomic mass is 9.77. The number of anilines is 1. The lowest BCUT2D eigenvalue weighted by Crippen LogP contribution is -2.39. The van der Waals surface area contributed by atoms with E-state index >= 15 is 0 Å². The van der Waals surface area contributed by atoms with Crippen molar-refractivity contribution in [3.05, 3.63) is 46.2 Å². The molecule has 0 bridgehead atoms. The molecule has 7 nitrogen and oxygen atoms in total. The molecule has 3 heterocycles. The first kappa shape index (κ1) is 22.6. The summed E-state index contributed by atoms with van der Waals surface area (Å²) in [6.07, 6.45) is 13.3. The van der Waals surface area contributed by atoms with Gasteiger partial charge in [0.05, 0.1) is 47.8 Å². The first-order chi connectivity index (χ1) is 16.1. The molecule has 1 aliphatic heterocycles. The highest BCUT2D eigenvalue weighted by Crippen LogP contribution is 2.46. The second-order valence-electron chi connectivity index (χ2n) is 9.02. The van der Waals surface area contributed by atoms with Crippen LogP contribution in [0.4, 0.5) is 5.82 Å². The average Bonchev–Trinajstić information content (AvgIpc) is 3.29. The number of hydrogen-bond donors (Lipinski definition) is 0. The van der Waals surface area contributed by atoms with Gasteiger partial charge in [0.1, 0.15) is 10.8 Å². The van der Waals surface area contributed by atoms with E-state index in [1.165, 1.54) is 61.2 Å². The Morgan fingerprint density at radius 2 is 1.88 bits per heavy atom. The standard InChI is InChI=1S/C24H28ClN5O2S/c1-32-13-12-30-16-28-17-4-5-18(22(25)21(17)23(30)31)33-20-15-26-19(14-27-20)29-10-8-24(9-11-29)6-2-3-7-24/h4-5,14-16H,2-3,6-13H2,1H3. The van der Waals surface area contributed by atoms with Crippen LogP contribution in [0, 0.1) is 5.41 Å². The summed E-state index contributed by atoms with van der Waals surface area (Å²) in [5, 5.41) is 1.55. The summed E-state index contributed by atoms with van der Waals surface area (Å²) in [4.78, 5) is 29.7. The Morgan fingerprint density at radius 3 is 2.58 bits per heavy atom. The third-order valence-corrected chi connectivity index (χ3v) is 8.56. The fourth-order valence-corrected chi connectivity index (χ4v) is 6.21. The first-order valence-electron chi connectivity index (χ1n) is 11.5. The van der Waals surface area contributed by atoms with Crippen molar-refractivity contribution >= 4 is 40.1 Å². The van der Waals surface area contributed by atoms with Crippen LogP contribution >= 0.6 is 23.4 Å². The van der Waals surface area contributed by atoms with Gasteiger partial charge in [-0.2, -0.15) is 0 Å². The van der Waals surface area contributed by atoms with E-state index in [2.05, 4.69) is 19.9 Å². The normalized spacial score (nSPS) is 17.8. The minimum atomic E-state index is -0.170. The molecule has 2 aliphatic rings. The van der Waals surface area contributed by atoms with E-state index in [4.69, 9.17) is 16.3 Å². The van der Waals surface area contributed by atoms with E-state index in [0.29, 0.717) is 34.5 Å². The minimum Gasteiger partial charge on any atom is -0.383 e. The van der Waals surface area contributed by atoms with Gasteiger partial charge in [0, 0.05) is 25.1 Å². The molecule has 0 radical (unpaired) electrons. The van der Waals surface area contributed by atoms with Crippen molar-refractivity contribution in [3.63, 3.8) is 0 Å². The van der Waals surface area contributed by atoms with E-state index in [0.717, 1.165) is 28.8 Å². The monoisotopic (exact) mass is 485 g/mol. The lowest BCUT2D eigenvalue weighted by Gasteiger charge is -2.39. The Kier molecular flexibility index (Phi) is 6.58. The van der Waals surface area contributed by atoms with Gasteiger partial charge in [-0.25, -0.2) is 15.0 Å². The van der Waals surface area contributed by atoms with Crippen molar-refractivity contribution < 1.29 is 4.74 Å². The van der Waals surface area contributed by atoms with Gasteiger partial charge in [-0.3, -0.25) is 9.36 Å². The van der Waals surface area contributed by atoms with Crippen LogP contribution < -0.4 is 10.5 Å². The van der Waals surface area contributed by atoms with Gasteiger partial charge < -0.3 is 9.64 Å². The summed E-state index contributed by atoms with van der Waals surface area (Å²) < 4.78 is 6.60. The molecule has 0 unspecified atom stereocenters. The summed E-state index contributed by atoms with van der Waals surface area (Å²) in [5.41, 5.74) is 0.995. The summed E-state index contributed by atoms with van der Waals surface area (Å²) in [5.74, 6) is 0.932. The Bertz CT molecular complexity index is 1180. The van der Waals surface area contributed by atoms with Crippen molar-refractivity contribution in [2.24, 2.45) is 5.41 Å². The molecule has 1 saturated heterocycles. The maximum atomic E-state index is 12.9. The molecule has 9 heteroatoms. The number of benzene rings is 1. The molecule has 2 aromatic heterocycles.